The quantitative estimate of drug-likeness (QED) is 0.636. The third-order valence-electron chi connectivity index (χ3n) is 2.51. The maximum Gasteiger partial charge on any atom is 0.152 e. The Kier molecular flexibility index (Phi) is 3.69. The Hall–Kier alpha value is -0.410. The summed E-state index contributed by atoms with van der Waals surface area (Å²) in [7, 11) is 0. The highest BCUT2D eigenvalue weighted by Crippen LogP contribution is 2.05. The van der Waals surface area contributed by atoms with Crippen molar-refractivity contribution < 1.29 is 4.79 Å². The van der Waals surface area contributed by atoms with Crippen LogP contribution in [0.25, 0.3) is 0 Å². The molecule has 1 N–H and O–H groups in total. The van der Waals surface area contributed by atoms with Crippen LogP contribution in [-0.2, 0) is 4.79 Å². The van der Waals surface area contributed by atoms with E-state index in [2.05, 4.69) is 24.1 Å². The molecule has 12 heavy (non-hydrogen) atoms. The van der Waals surface area contributed by atoms with Crippen LogP contribution in [0.1, 0.15) is 13.8 Å². The highest BCUT2D eigenvalue weighted by molar-refractivity contribution is 5.84. The number of nitrogens with zero attached hydrogens (tertiary/aromatic N) is 1. The molecular weight excluding hydrogens is 152 g/mol. The highest BCUT2D eigenvalue weighted by atomic mass is 16.1. The summed E-state index contributed by atoms with van der Waals surface area (Å²) < 4.78 is 0. The van der Waals surface area contributed by atoms with Crippen molar-refractivity contribution in [3.8, 4) is 0 Å². The average Bonchev–Trinajstić information content (AvgIpc) is 1.96. The van der Waals surface area contributed by atoms with Crippen LogP contribution in [0, 0.1) is 5.92 Å². The monoisotopic (exact) mass is 170 g/mol. The van der Waals surface area contributed by atoms with Crippen LogP contribution in [0.3, 0.4) is 0 Å². The number of nitrogens with one attached hydrogen (secondary N) is 1. The van der Waals surface area contributed by atoms with Crippen molar-refractivity contribution in [2.45, 2.75) is 13.8 Å². The van der Waals surface area contributed by atoms with Crippen molar-refractivity contribution >= 4 is 5.78 Å². The fourth-order valence-corrected chi connectivity index (χ4v) is 1.31. The number of hydrogen-bond donors (Lipinski definition) is 1. The fourth-order valence-electron chi connectivity index (χ4n) is 1.31. The van der Waals surface area contributed by atoms with Crippen molar-refractivity contribution in [2.75, 3.05) is 32.7 Å². The fraction of sp³-hybridized carbons (Fsp3) is 0.889. The first kappa shape index (κ1) is 9.68. The molecule has 0 saturated carbocycles. The van der Waals surface area contributed by atoms with E-state index in [1.807, 2.05) is 0 Å². The first-order valence-electron chi connectivity index (χ1n) is 4.73. The summed E-state index contributed by atoms with van der Waals surface area (Å²) in [5.74, 6) is 0.697. The maximum atomic E-state index is 11.5. The molecule has 0 radical (unpaired) electrons. The molecule has 0 unspecified atom stereocenters. The molecule has 1 aliphatic heterocycles. The zero-order chi connectivity index (χ0) is 8.97. The molecule has 1 fully saturated rings. The zero-order valence-electron chi connectivity index (χ0n) is 7.97. The standard InChI is InChI=1S/C9H18N2O/c1-3-11(4-2)7-9(12)8-5-10-6-8/h8,10H,3-7H2,1-2H3. The van der Waals surface area contributed by atoms with Crippen molar-refractivity contribution in [3.05, 3.63) is 0 Å². The second-order valence-electron chi connectivity index (χ2n) is 3.28. The van der Waals surface area contributed by atoms with Gasteiger partial charge in [0.1, 0.15) is 0 Å². The molecular formula is C9H18N2O. The minimum atomic E-state index is 0.297. The van der Waals surface area contributed by atoms with Crippen molar-refractivity contribution in [1.82, 2.24) is 10.2 Å². The van der Waals surface area contributed by atoms with Crippen molar-refractivity contribution in [2.24, 2.45) is 5.92 Å². The number of hydrogen-bond acceptors (Lipinski definition) is 3. The molecule has 0 amide bonds. The van der Waals surface area contributed by atoms with Crippen LogP contribution in [0.5, 0.6) is 0 Å². The highest BCUT2D eigenvalue weighted by Gasteiger charge is 2.25. The Labute approximate surface area is 74.1 Å². The van der Waals surface area contributed by atoms with Crippen LogP contribution >= 0.6 is 0 Å². The largest absolute Gasteiger partial charge is 0.315 e. The second kappa shape index (κ2) is 4.58. The average molecular weight is 170 g/mol. The molecule has 0 spiro atoms. The molecule has 1 rings (SSSR count). The van der Waals surface area contributed by atoms with Gasteiger partial charge in [-0.2, -0.15) is 0 Å². The summed E-state index contributed by atoms with van der Waals surface area (Å²) >= 11 is 0. The van der Waals surface area contributed by atoms with Gasteiger partial charge in [0.2, 0.25) is 0 Å². The van der Waals surface area contributed by atoms with Gasteiger partial charge in [0.25, 0.3) is 0 Å². The van der Waals surface area contributed by atoms with Gasteiger partial charge in [0, 0.05) is 19.0 Å². The smallest absolute Gasteiger partial charge is 0.152 e. The van der Waals surface area contributed by atoms with E-state index in [0.29, 0.717) is 18.2 Å². The van der Waals surface area contributed by atoms with Gasteiger partial charge in [-0.05, 0) is 13.1 Å². The number of ketones is 1. The Morgan fingerprint density at radius 1 is 1.42 bits per heavy atom. The minimum absolute atomic E-state index is 0.297. The van der Waals surface area contributed by atoms with E-state index < -0.39 is 0 Å². The lowest BCUT2D eigenvalue weighted by molar-refractivity contribution is -0.125. The first-order valence-corrected chi connectivity index (χ1v) is 4.73. The minimum Gasteiger partial charge on any atom is -0.315 e. The summed E-state index contributed by atoms with van der Waals surface area (Å²) in [6.07, 6.45) is 0. The third kappa shape index (κ3) is 2.29. The van der Waals surface area contributed by atoms with E-state index in [1.165, 1.54) is 0 Å². The topological polar surface area (TPSA) is 32.3 Å². The summed E-state index contributed by atoms with van der Waals surface area (Å²) in [6, 6.07) is 0. The lowest BCUT2D eigenvalue weighted by atomic mass is 9.98. The molecule has 0 aromatic rings. The number of Topliss-reactive ketones (excluding diaryl/α,β-unsaturated/α-hetero) is 1. The molecule has 3 nitrogen and oxygen atoms in total. The van der Waals surface area contributed by atoms with Gasteiger partial charge in [-0.3, -0.25) is 9.69 Å². The summed E-state index contributed by atoms with van der Waals surface area (Å²) in [5, 5.41) is 3.11. The Morgan fingerprint density at radius 2 is 2.00 bits per heavy atom. The van der Waals surface area contributed by atoms with E-state index in [-0.39, 0.29) is 0 Å². The van der Waals surface area contributed by atoms with Crippen molar-refractivity contribution in [1.29, 1.82) is 0 Å². The SMILES string of the molecule is CCN(CC)CC(=O)C1CNC1. The number of carbonyl (C=O) groups excluding carboxylic acids is 1. The molecule has 1 saturated heterocycles. The summed E-state index contributed by atoms with van der Waals surface area (Å²) in [4.78, 5) is 13.6. The number of likely N-dealkylation sites (N-methyl/N-ethyl adjacent to an activating group) is 1. The van der Waals surface area contributed by atoms with Crippen LogP contribution < -0.4 is 5.32 Å². The van der Waals surface area contributed by atoms with Crippen LogP contribution in [-0.4, -0.2) is 43.4 Å². The van der Waals surface area contributed by atoms with E-state index in [1.54, 1.807) is 0 Å². The van der Waals surface area contributed by atoms with Crippen LogP contribution in [0.2, 0.25) is 0 Å². The molecule has 1 heterocycles. The van der Waals surface area contributed by atoms with Crippen LogP contribution in [0.4, 0.5) is 0 Å². The third-order valence-corrected chi connectivity index (χ3v) is 2.51. The lowest BCUT2D eigenvalue weighted by Gasteiger charge is -2.28. The predicted molar refractivity (Wildman–Crippen MR) is 49.2 cm³/mol. The van der Waals surface area contributed by atoms with Crippen molar-refractivity contribution in [3.63, 3.8) is 0 Å². The molecule has 70 valence electrons. The van der Waals surface area contributed by atoms with Gasteiger partial charge in [-0.15, -0.1) is 0 Å². The zero-order valence-corrected chi connectivity index (χ0v) is 7.97. The van der Waals surface area contributed by atoms with Gasteiger partial charge in [-0.1, -0.05) is 13.8 Å². The predicted octanol–water partition coefficient (Wildman–Crippen LogP) is 0.117. The molecule has 0 aromatic heterocycles. The van der Waals surface area contributed by atoms with E-state index >= 15 is 0 Å². The van der Waals surface area contributed by atoms with Gasteiger partial charge >= 0.3 is 0 Å². The first-order chi connectivity index (χ1) is 5.77. The number of carbonyl (C=O) groups is 1. The second-order valence-corrected chi connectivity index (χ2v) is 3.28. The van der Waals surface area contributed by atoms with Gasteiger partial charge < -0.3 is 5.32 Å². The normalized spacial score (nSPS) is 17.9. The maximum absolute atomic E-state index is 11.5. The molecule has 0 atom stereocenters. The Bertz CT molecular complexity index is 151. The summed E-state index contributed by atoms with van der Waals surface area (Å²) in [6.45, 7) is 8.55. The van der Waals surface area contributed by atoms with Gasteiger partial charge in [0.15, 0.2) is 5.78 Å². The van der Waals surface area contributed by atoms with Gasteiger partial charge in [0.05, 0.1) is 6.54 Å². The van der Waals surface area contributed by atoms with E-state index in [4.69, 9.17) is 0 Å². The number of rotatable bonds is 5. The Balaban J connectivity index is 2.23. The molecule has 1 aliphatic rings. The lowest BCUT2D eigenvalue weighted by Crippen LogP contribution is -2.49. The Morgan fingerprint density at radius 3 is 2.33 bits per heavy atom. The van der Waals surface area contributed by atoms with Gasteiger partial charge in [-0.25, -0.2) is 0 Å². The molecule has 0 aliphatic carbocycles. The molecule has 0 bridgehead atoms. The molecule has 0 aromatic carbocycles. The van der Waals surface area contributed by atoms with Crippen LogP contribution in [0.15, 0.2) is 0 Å². The van der Waals surface area contributed by atoms with E-state index in [0.717, 1.165) is 26.2 Å². The molecule has 3 heteroatoms. The van der Waals surface area contributed by atoms with E-state index in [9.17, 15) is 4.79 Å². The summed E-state index contributed by atoms with van der Waals surface area (Å²) in [5.41, 5.74) is 0.